The number of aromatic nitrogens is 3. The second kappa shape index (κ2) is 9.62. The van der Waals surface area contributed by atoms with Crippen molar-refractivity contribution in [1.82, 2.24) is 24.8 Å². The fourth-order valence-electron chi connectivity index (χ4n) is 3.52. The number of carbonyl (C=O) groups is 1. The molecule has 0 atom stereocenters. The van der Waals surface area contributed by atoms with Gasteiger partial charge in [-0.05, 0) is 55.6 Å². The van der Waals surface area contributed by atoms with E-state index in [2.05, 4.69) is 15.0 Å². The minimum atomic E-state index is -0.329. The molecule has 1 aromatic carbocycles. The molecule has 0 aliphatic carbocycles. The van der Waals surface area contributed by atoms with Gasteiger partial charge in [-0.2, -0.15) is 0 Å². The van der Waals surface area contributed by atoms with Crippen molar-refractivity contribution in [3.8, 4) is 11.1 Å². The Labute approximate surface area is 186 Å². The highest BCUT2D eigenvalue weighted by molar-refractivity contribution is 6.01. The molecule has 3 heterocycles. The lowest BCUT2D eigenvalue weighted by molar-refractivity contribution is 0.0725. The summed E-state index contributed by atoms with van der Waals surface area (Å²) >= 11 is 0. The molecule has 3 aromatic heterocycles. The summed E-state index contributed by atoms with van der Waals surface area (Å²) in [6.07, 6.45) is 6.82. The molecular weight excluding hydrogens is 405 g/mol. The summed E-state index contributed by atoms with van der Waals surface area (Å²) in [7, 11) is 3.88. The molecule has 0 bridgehead atoms. The maximum atomic E-state index is 14.3. The summed E-state index contributed by atoms with van der Waals surface area (Å²) in [5.41, 5.74) is 3.23. The summed E-state index contributed by atoms with van der Waals surface area (Å²) in [6.45, 7) is 1.26. The SMILES string of the molecule is CN(C)CCN(Cc1ccccc1F)C(=O)c1cc(-c2ccncc2)c2cnccc2n1. The summed E-state index contributed by atoms with van der Waals surface area (Å²) < 4.78 is 14.3. The van der Waals surface area contributed by atoms with Crippen molar-refractivity contribution in [2.75, 3.05) is 27.2 Å². The van der Waals surface area contributed by atoms with Gasteiger partial charge >= 0.3 is 0 Å². The molecule has 0 radical (unpaired) electrons. The molecule has 0 fully saturated rings. The highest BCUT2D eigenvalue weighted by atomic mass is 19.1. The molecule has 0 saturated carbocycles. The average molecular weight is 429 g/mol. The second-order valence-electron chi connectivity index (χ2n) is 7.81. The zero-order valence-electron chi connectivity index (χ0n) is 18.1. The van der Waals surface area contributed by atoms with Crippen molar-refractivity contribution in [2.24, 2.45) is 0 Å². The Morgan fingerprint density at radius 3 is 2.47 bits per heavy atom. The minimum absolute atomic E-state index is 0.167. The molecule has 0 spiro atoms. The normalized spacial score (nSPS) is 11.1. The van der Waals surface area contributed by atoms with E-state index in [9.17, 15) is 9.18 Å². The first-order valence-corrected chi connectivity index (χ1v) is 10.4. The highest BCUT2D eigenvalue weighted by Crippen LogP contribution is 2.28. The van der Waals surface area contributed by atoms with Crippen LogP contribution >= 0.6 is 0 Å². The Bertz CT molecular complexity index is 1230. The summed E-state index contributed by atoms with van der Waals surface area (Å²) in [5.74, 6) is -0.575. The molecule has 1 amide bonds. The Hall–Kier alpha value is -3.71. The highest BCUT2D eigenvalue weighted by Gasteiger charge is 2.21. The summed E-state index contributed by atoms with van der Waals surface area (Å²) in [6, 6.07) is 13.9. The Balaban J connectivity index is 1.76. The molecule has 0 saturated heterocycles. The van der Waals surface area contributed by atoms with Gasteiger partial charge in [0.15, 0.2) is 0 Å². The van der Waals surface area contributed by atoms with E-state index in [1.54, 1.807) is 60.0 Å². The lowest BCUT2D eigenvalue weighted by Crippen LogP contribution is -2.37. The van der Waals surface area contributed by atoms with Gasteiger partial charge in [0.1, 0.15) is 11.5 Å². The van der Waals surface area contributed by atoms with Crippen LogP contribution in [0.3, 0.4) is 0 Å². The number of likely N-dealkylation sites (N-methyl/N-ethyl adjacent to an activating group) is 1. The van der Waals surface area contributed by atoms with E-state index in [0.29, 0.717) is 29.9 Å². The third-order valence-corrected chi connectivity index (χ3v) is 5.24. The van der Waals surface area contributed by atoms with E-state index >= 15 is 0 Å². The topological polar surface area (TPSA) is 62.2 Å². The molecule has 0 unspecified atom stereocenters. The molecule has 7 heteroatoms. The number of rotatable bonds is 7. The van der Waals surface area contributed by atoms with Crippen LogP contribution < -0.4 is 0 Å². The molecule has 4 rings (SSSR count). The lowest BCUT2D eigenvalue weighted by Gasteiger charge is -2.25. The average Bonchev–Trinajstić information content (AvgIpc) is 2.82. The van der Waals surface area contributed by atoms with E-state index in [1.165, 1.54) is 6.07 Å². The molecule has 162 valence electrons. The van der Waals surface area contributed by atoms with Gasteiger partial charge in [-0.25, -0.2) is 9.37 Å². The fraction of sp³-hybridized carbons (Fsp3) is 0.200. The Morgan fingerprint density at radius 1 is 0.969 bits per heavy atom. The standard InChI is InChI=1S/C25H24FN5O/c1-30(2)13-14-31(17-19-5-3-4-6-22(19)26)25(32)24-15-20(18-7-10-27-11-8-18)21-16-28-12-9-23(21)29-24/h3-12,15-16H,13-14,17H2,1-2H3. The maximum Gasteiger partial charge on any atom is 0.272 e. The molecule has 0 aliphatic heterocycles. The molecule has 0 N–H and O–H groups in total. The van der Waals surface area contributed by atoms with Gasteiger partial charge in [-0.1, -0.05) is 18.2 Å². The third kappa shape index (κ3) is 4.78. The molecular formula is C25H24FN5O. The second-order valence-corrected chi connectivity index (χ2v) is 7.81. The van der Waals surface area contributed by atoms with Crippen molar-refractivity contribution < 1.29 is 9.18 Å². The van der Waals surface area contributed by atoms with Crippen LogP contribution in [0.25, 0.3) is 22.0 Å². The van der Waals surface area contributed by atoms with Crippen LogP contribution in [0.4, 0.5) is 4.39 Å². The van der Waals surface area contributed by atoms with Crippen LogP contribution in [0.15, 0.2) is 73.3 Å². The van der Waals surface area contributed by atoms with Gasteiger partial charge in [0, 0.05) is 55.4 Å². The monoisotopic (exact) mass is 429 g/mol. The van der Waals surface area contributed by atoms with E-state index in [4.69, 9.17) is 0 Å². The van der Waals surface area contributed by atoms with Gasteiger partial charge < -0.3 is 9.80 Å². The van der Waals surface area contributed by atoms with Crippen LogP contribution in [-0.4, -0.2) is 57.8 Å². The summed E-state index contributed by atoms with van der Waals surface area (Å²) in [4.78, 5) is 30.2. The van der Waals surface area contributed by atoms with Gasteiger partial charge in [-0.3, -0.25) is 14.8 Å². The van der Waals surface area contributed by atoms with Crippen LogP contribution in [0.5, 0.6) is 0 Å². The minimum Gasteiger partial charge on any atom is -0.332 e. The Kier molecular flexibility index (Phi) is 6.47. The van der Waals surface area contributed by atoms with E-state index in [1.807, 2.05) is 31.1 Å². The number of hydrogen-bond donors (Lipinski definition) is 0. The largest absolute Gasteiger partial charge is 0.332 e. The zero-order valence-corrected chi connectivity index (χ0v) is 18.1. The maximum absolute atomic E-state index is 14.3. The molecule has 0 aliphatic rings. The van der Waals surface area contributed by atoms with E-state index in [-0.39, 0.29) is 18.3 Å². The molecule has 6 nitrogen and oxygen atoms in total. The number of amides is 1. The van der Waals surface area contributed by atoms with Crippen molar-refractivity contribution >= 4 is 16.8 Å². The van der Waals surface area contributed by atoms with Crippen molar-refractivity contribution in [2.45, 2.75) is 6.54 Å². The first kappa shape index (κ1) is 21.5. The van der Waals surface area contributed by atoms with Crippen LogP contribution in [0.1, 0.15) is 16.1 Å². The number of hydrogen-bond acceptors (Lipinski definition) is 5. The predicted molar refractivity (Wildman–Crippen MR) is 122 cm³/mol. The van der Waals surface area contributed by atoms with E-state index < -0.39 is 0 Å². The first-order chi connectivity index (χ1) is 15.5. The zero-order chi connectivity index (χ0) is 22.5. The van der Waals surface area contributed by atoms with Crippen LogP contribution in [-0.2, 0) is 6.54 Å². The number of benzene rings is 1. The Morgan fingerprint density at radius 2 is 1.72 bits per heavy atom. The fourth-order valence-corrected chi connectivity index (χ4v) is 3.52. The van der Waals surface area contributed by atoms with Crippen molar-refractivity contribution in [3.63, 3.8) is 0 Å². The molecule has 32 heavy (non-hydrogen) atoms. The number of nitrogens with zero attached hydrogens (tertiary/aromatic N) is 5. The van der Waals surface area contributed by atoms with E-state index in [0.717, 1.165) is 16.5 Å². The number of pyridine rings is 3. The van der Waals surface area contributed by atoms with Crippen LogP contribution in [0, 0.1) is 5.82 Å². The van der Waals surface area contributed by atoms with Crippen molar-refractivity contribution in [3.05, 3.63) is 90.4 Å². The molecule has 4 aromatic rings. The predicted octanol–water partition coefficient (Wildman–Crippen LogP) is 4.03. The smallest absolute Gasteiger partial charge is 0.272 e. The van der Waals surface area contributed by atoms with Crippen LogP contribution in [0.2, 0.25) is 0 Å². The van der Waals surface area contributed by atoms with Gasteiger partial charge in [-0.15, -0.1) is 0 Å². The third-order valence-electron chi connectivity index (χ3n) is 5.24. The number of halogens is 1. The summed E-state index contributed by atoms with van der Waals surface area (Å²) in [5, 5.41) is 0.851. The van der Waals surface area contributed by atoms with Gasteiger partial charge in [0.05, 0.1) is 5.52 Å². The van der Waals surface area contributed by atoms with Crippen molar-refractivity contribution in [1.29, 1.82) is 0 Å². The quantitative estimate of drug-likeness (QED) is 0.444. The van der Waals surface area contributed by atoms with Gasteiger partial charge in [0.25, 0.3) is 5.91 Å². The number of fused-ring (bicyclic) bond motifs is 1. The first-order valence-electron chi connectivity index (χ1n) is 10.4. The number of carbonyl (C=O) groups excluding carboxylic acids is 1. The lowest BCUT2D eigenvalue weighted by atomic mass is 10.0. The van der Waals surface area contributed by atoms with Gasteiger partial charge in [0.2, 0.25) is 0 Å².